The number of benzene rings is 1. The topological polar surface area (TPSA) is 58.4 Å². The van der Waals surface area contributed by atoms with Crippen LogP contribution in [0.3, 0.4) is 0 Å². The highest BCUT2D eigenvalue weighted by Crippen LogP contribution is 2.24. The zero-order chi connectivity index (χ0) is 18.8. The minimum absolute atomic E-state index is 0.0142. The number of aryl methyl sites for hydroxylation is 1. The number of Topliss-reactive ketones (excluding diaryl/α,β-unsaturated/α-hetero) is 1. The largest absolute Gasteiger partial charge is 0.372 e. The van der Waals surface area contributed by atoms with Crippen LogP contribution in [0.15, 0.2) is 36.7 Å². The first kappa shape index (κ1) is 17.8. The van der Waals surface area contributed by atoms with E-state index >= 15 is 0 Å². The van der Waals surface area contributed by atoms with Gasteiger partial charge in [0.15, 0.2) is 5.82 Å². The first-order valence-corrected chi connectivity index (χ1v) is 9.79. The molecule has 0 radical (unpaired) electrons. The summed E-state index contributed by atoms with van der Waals surface area (Å²) in [5, 5.41) is 0. The van der Waals surface area contributed by atoms with Crippen LogP contribution in [-0.2, 0) is 7.05 Å². The van der Waals surface area contributed by atoms with Gasteiger partial charge in [-0.2, -0.15) is 0 Å². The van der Waals surface area contributed by atoms with Crippen LogP contribution in [0.1, 0.15) is 46.7 Å². The number of aromatic nitrogens is 2. The molecule has 0 aliphatic carbocycles. The Hall–Kier alpha value is -2.63. The number of anilines is 1. The molecule has 3 heterocycles. The lowest BCUT2D eigenvalue weighted by Gasteiger charge is -2.32. The lowest BCUT2D eigenvalue weighted by atomic mass is 9.92. The van der Waals surface area contributed by atoms with E-state index in [0.717, 1.165) is 25.9 Å². The van der Waals surface area contributed by atoms with Crippen molar-refractivity contribution in [2.45, 2.75) is 25.7 Å². The molecule has 1 atom stereocenters. The van der Waals surface area contributed by atoms with Gasteiger partial charge in [0.05, 0.1) is 0 Å². The highest BCUT2D eigenvalue weighted by Gasteiger charge is 2.31. The fourth-order valence-electron chi connectivity index (χ4n) is 4.13. The Kier molecular flexibility index (Phi) is 4.97. The second kappa shape index (κ2) is 7.55. The maximum Gasteiger partial charge on any atom is 0.253 e. The summed E-state index contributed by atoms with van der Waals surface area (Å²) in [5.41, 5.74) is 1.88. The molecular formula is C21H26N4O2. The second-order valence-corrected chi connectivity index (χ2v) is 7.56. The summed E-state index contributed by atoms with van der Waals surface area (Å²) in [6, 6.07) is 7.92. The van der Waals surface area contributed by atoms with E-state index in [1.165, 1.54) is 18.5 Å². The van der Waals surface area contributed by atoms with Crippen molar-refractivity contribution in [2.75, 3.05) is 31.1 Å². The number of ketones is 1. The van der Waals surface area contributed by atoms with Gasteiger partial charge in [-0.1, -0.05) is 0 Å². The highest BCUT2D eigenvalue weighted by atomic mass is 16.2. The first-order valence-electron chi connectivity index (χ1n) is 9.79. The van der Waals surface area contributed by atoms with Crippen LogP contribution < -0.4 is 4.90 Å². The number of amides is 1. The van der Waals surface area contributed by atoms with Crippen LogP contribution in [0.4, 0.5) is 5.69 Å². The fourth-order valence-corrected chi connectivity index (χ4v) is 4.13. The van der Waals surface area contributed by atoms with Crippen LogP contribution >= 0.6 is 0 Å². The zero-order valence-corrected chi connectivity index (χ0v) is 15.8. The average molecular weight is 366 g/mol. The SMILES string of the molecule is Cn1ccnc1C(=O)[C@H]1CCCN(C(=O)c2ccc(N3CCCC3)cc2)C1. The molecule has 2 aromatic rings. The van der Waals surface area contributed by atoms with E-state index in [9.17, 15) is 9.59 Å². The maximum absolute atomic E-state index is 12.9. The third kappa shape index (κ3) is 3.61. The number of piperidine rings is 1. The van der Waals surface area contributed by atoms with Crippen molar-refractivity contribution >= 4 is 17.4 Å². The Morgan fingerprint density at radius 2 is 1.78 bits per heavy atom. The van der Waals surface area contributed by atoms with Crippen molar-refractivity contribution in [1.82, 2.24) is 14.5 Å². The average Bonchev–Trinajstić information content (AvgIpc) is 3.39. The fraction of sp³-hybridized carbons (Fsp3) is 0.476. The quantitative estimate of drug-likeness (QED) is 0.781. The van der Waals surface area contributed by atoms with Crippen LogP contribution in [-0.4, -0.2) is 52.3 Å². The van der Waals surface area contributed by atoms with E-state index in [4.69, 9.17) is 0 Å². The number of imidazole rings is 1. The number of hydrogen-bond donors (Lipinski definition) is 0. The van der Waals surface area contributed by atoms with Gasteiger partial charge in [-0.3, -0.25) is 9.59 Å². The van der Waals surface area contributed by atoms with Crippen LogP contribution in [0.2, 0.25) is 0 Å². The van der Waals surface area contributed by atoms with E-state index in [1.54, 1.807) is 17.0 Å². The van der Waals surface area contributed by atoms with Crippen molar-refractivity contribution in [3.05, 3.63) is 48.0 Å². The van der Waals surface area contributed by atoms with Gasteiger partial charge in [-0.05, 0) is 49.9 Å². The van der Waals surface area contributed by atoms with Gasteiger partial charge in [0.25, 0.3) is 5.91 Å². The minimum atomic E-state index is -0.173. The summed E-state index contributed by atoms with van der Waals surface area (Å²) >= 11 is 0. The Bertz CT molecular complexity index is 821. The standard InChI is InChI=1S/C21H26N4O2/c1-23-14-10-22-20(23)19(26)17-5-4-13-25(15-17)21(27)16-6-8-18(9-7-16)24-11-2-3-12-24/h6-10,14,17H,2-5,11-13,15H2,1H3/t17-/m0/s1. The Balaban J connectivity index is 1.44. The lowest BCUT2D eigenvalue weighted by Crippen LogP contribution is -2.42. The molecule has 1 aromatic carbocycles. The maximum atomic E-state index is 12.9. The smallest absolute Gasteiger partial charge is 0.253 e. The van der Waals surface area contributed by atoms with Gasteiger partial charge in [-0.15, -0.1) is 0 Å². The summed E-state index contributed by atoms with van der Waals surface area (Å²) in [6.45, 7) is 3.36. The molecule has 2 fully saturated rings. The van der Waals surface area contributed by atoms with Crippen molar-refractivity contribution < 1.29 is 9.59 Å². The molecule has 0 bridgehead atoms. The van der Waals surface area contributed by atoms with Crippen molar-refractivity contribution in [2.24, 2.45) is 13.0 Å². The van der Waals surface area contributed by atoms with Crippen LogP contribution in [0, 0.1) is 5.92 Å². The molecule has 0 N–H and O–H groups in total. The Labute approximate surface area is 159 Å². The van der Waals surface area contributed by atoms with E-state index in [-0.39, 0.29) is 17.6 Å². The molecule has 0 unspecified atom stereocenters. The third-order valence-electron chi connectivity index (χ3n) is 5.71. The monoisotopic (exact) mass is 366 g/mol. The summed E-state index contributed by atoms with van der Waals surface area (Å²) in [7, 11) is 1.83. The lowest BCUT2D eigenvalue weighted by molar-refractivity contribution is 0.0633. The molecular weight excluding hydrogens is 340 g/mol. The molecule has 2 aliphatic heterocycles. The molecule has 2 saturated heterocycles. The number of hydrogen-bond acceptors (Lipinski definition) is 4. The van der Waals surface area contributed by atoms with Gasteiger partial charge in [0.1, 0.15) is 0 Å². The summed E-state index contributed by atoms with van der Waals surface area (Å²) in [6.07, 6.45) is 7.55. The van der Waals surface area contributed by atoms with Crippen LogP contribution in [0.5, 0.6) is 0 Å². The van der Waals surface area contributed by atoms with Crippen molar-refractivity contribution in [3.8, 4) is 0 Å². The minimum Gasteiger partial charge on any atom is -0.372 e. The Morgan fingerprint density at radius 3 is 2.44 bits per heavy atom. The molecule has 27 heavy (non-hydrogen) atoms. The molecule has 1 aromatic heterocycles. The second-order valence-electron chi connectivity index (χ2n) is 7.56. The van der Waals surface area contributed by atoms with E-state index < -0.39 is 0 Å². The summed E-state index contributed by atoms with van der Waals surface area (Å²) < 4.78 is 1.75. The molecule has 142 valence electrons. The molecule has 0 spiro atoms. The van der Waals surface area contributed by atoms with E-state index in [2.05, 4.69) is 9.88 Å². The predicted octanol–water partition coefficient (Wildman–Crippen LogP) is 2.76. The highest BCUT2D eigenvalue weighted by molar-refractivity contribution is 5.97. The molecule has 0 saturated carbocycles. The van der Waals surface area contributed by atoms with E-state index in [1.807, 2.05) is 36.2 Å². The molecule has 6 heteroatoms. The summed E-state index contributed by atoms with van der Waals surface area (Å²) in [5.74, 6) is 0.349. The number of nitrogens with zero attached hydrogens (tertiary/aromatic N) is 4. The molecule has 2 aliphatic rings. The van der Waals surface area contributed by atoms with Gasteiger partial charge in [-0.25, -0.2) is 4.98 Å². The Morgan fingerprint density at radius 1 is 1.04 bits per heavy atom. The summed E-state index contributed by atoms with van der Waals surface area (Å²) in [4.78, 5) is 34.0. The number of carbonyl (C=O) groups excluding carboxylic acids is 2. The predicted molar refractivity (Wildman–Crippen MR) is 104 cm³/mol. The number of carbonyl (C=O) groups is 2. The van der Waals surface area contributed by atoms with Crippen molar-refractivity contribution in [1.29, 1.82) is 0 Å². The van der Waals surface area contributed by atoms with Gasteiger partial charge >= 0.3 is 0 Å². The molecule has 6 nitrogen and oxygen atoms in total. The number of likely N-dealkylation sites (tertiary alicyclic amines) is 1. The normalized spacial score (nSPS) is 20.1. The third-order valence-corrected chi connectivity index (χ3v) is 5.71. The first-order chi connectivity index (χ1) is 13.1. The van der Waals surface area contributed by atoms with Crippen LogP contribution in [0.25, 0.3) is 0 Å². The van der Waals surface area contributed by atoms with E-state index in [0.29, 0.717) is 24.5 Å². The van der Waals surface area contributed by atoms with Gasteiger partial charge in [0, 0.05) is 62.8 Å². The van der Waals surface area contributed by atoms with Crippen molar-refractivity contribution in [3.63, 3.8) is 0 Å². The number of rotatable bonds is 4. The molecule has 1 amide bonds. The van der Waals surface area contributed by atoms with Gasteiger partial charge in [0.2, 0.25) is 5.78 Å². The van der Waals surface area contributed by atoms with Gasteiger partial charge < -0.3 is 14.4 Å². The molecule has 4 rings (SSSR count). The zero-order valence-electron chi connectivity index (χ0n) is 15.8.